The van der Waals surface area contributed by atoms with Gasteiger partial charge in [-0.05, 0) is 96.3 Å². The molecule has 226 valence electrons. The molecule has 0 heterocycles. The summed E-state index contributed by atoms with van der Waals surface area (Å²) < 4.78 is 13.5. The number of hydrogen-bond donors (Lipinski definition) is 0. The number of esters is 2. The molecule has 8 atom stereocenters. The predicted octanol–water partition coefficient (Wildman–Crippen LogP) is 8.85. The van der Waals surface area contributed by atoms with Crippen molar-refractivity contribution in [3.05, 3.63) is 71.8 Å². The van der Waals surface area contributed by atoms with Gasteiger partial charge in [-0.2, -0.15) is 0 Å². The molecule has 0 radical (unpaired) electrons. The van der Waals surface area contributed by atoms with E-state index in [1.807, 2.05) is 60.7 Å². The molecule has 42 heavy (non-hydrogen) atoms. The van der Waals surface area contributed by atoms with E-state index in [0.29, 0.717) is 34.8 Å². The number of carbonyl (C=O) groups excluding carboxylic acids is 2. The summed E-state index contributed by atoms with van der Waals surface area (Å²) in [5, 5.41) is 0. The summed E-state index contributed by atoms with van der Waals surface area (Å²) in [5.74, 6) is 1.80. The van der Waals surface area contributed by atoms with Gasteiger partial charge in [-0.1, -0.05) is 91.8 Å². The second-order valence-electron chi connectivity index (χ2n) is 15.5. The van der Waals surface area contributed by atoms with Crippen LogP contribution in [0.25, 0.3) is 0 Å². The third kappa shape index (κ3) is 3.65. The molecule has 4 saturated carbocycles. The molecule has 0 aliphatic heterocycles. The van der Waals surface area contributed by atoms with Crippen molar-refractivity contribution in [2.24, 2.45) is 57.2 Å². The van der Waals surface area contributed by atoms with Gasteiger partial charge in [-0.15, -0.1) is 0 Å². The van der Waals surface area contributed by atoms with E-state index in [1.165, 1.54) is 19.3 Å². The Morgan fingerprint density at radius 3 is 1.24 bits per heavy atom. The fraction of sp³-hybridized carbons (Fsp3) is 0.632. The maximum atomic E-state index is 13.9. The van der Waals surface area contributed by atoms with Crippen LogP contribution in [0.1, 0.15) is 102 Å². The minimum Gasteiger partial charge on any atom is -0.454 e. The van der Waals surface area contributed by atoms with Crippen LogP contribution in [-0.2, 0) is 9.47 Å². The normalized spacial score (nSPS) is 38.1. The molecule has 4 heteroatoms. The molecule has 4 aliphatic rings. The number of carbonyl (C=O) groups is 2. The molecule has 4 nitrogen and oxygen atoms in total. The molecule has 8 unspecified atom stereocenters. The predicted molar refractivity (Wildman–Crippen MR) is 166 cm³/mol. The maximum absolute atomic E-state index is 13.9. The molecular weight excluding hydrogens is 520 g/mol. The van der Waals surface area contributed by atoms with Gasteiger partial charge in [-0.3, -0.25) is 0 Å². The zero-order valence-electron chi connectivity index (χ0n) is 26.9. The lowest BCUT2D eigenvalue weighted by molar-refractivity contribution is -0.195. The van der Waals surface area contributed by atoms with Crippen molar-refractivity contribution in [3.8, 4) is 0 Å². The fourth-order valence-electron chi connectivity index (χ4n) is 11.4. The number of benzene rings is 2. The first-order valence-electron chi connectivity index (χ1n) is 16.4. The third-order valence-electron chi connectivity index (χ3n) is 13.3. The summed E-state index contributed by atoms with van der Waals surface area (Å²) in [6.45, 7) is 19.1. The Labute approximate surface area is 253 Å². The zero-order valence-corrected chi connectivity index (χ0v) is 26.9. The lowest BCUT2D eigenvalue weighted by atomic mass is 9.47. The molecule has 2 aromatic rings. The van der Waals surface area contributed by atoms with Gasteiger partial charge in [0, 0.05) is 10.8 Å². The first-order chi connectivity index (χ1) is 19.9. The summed E-state index contributed by atoms with van der Waals surface area (Å²) in [5.41, 5.74) is 0.939. The number of fused-ring (bicyclic) bond motifs is 9. The number of ether oxygens (including phenoxy) is 2. The second kappa shape index (κ2) is 9.96. The largest absolute Gasteiger partial charge is 0.454 e. The highest BCUT2D eigenvalue weighted by Gasteiger charge is 2.87. The third-order valence-corrected chi connectivity index (χ3v) is 13.3. The number of hydrogen-bond acceptors (Lipinski definition) is 4. The van der Waals surface area contributed by atoms with E-state index in [0.717, 1.165) is 6.42 Å². The second-order valence-corrected chi connectivity index (χ2v) is 15.5. The van der Waals surface area contributed by atoms with Crippen LogP contribution in [0.5, 0.6) is 0 Å². The quantitative estimate of drug-likeness (QED) is 0.235. The van der Waals surface area contributed by atoms with Crippen molar-refractivity contribution < 1.29 is 19.1 Å². The van der Waals surface area contributed by atoms with Gasteiger partial charge in [0.15, 0.2) is 0 Å². The average molecular weight is 571 g/mol. The minimum absolute atomic E-state index is 0.196. The van der Waals surface area contributed by atoms with E-state index in [2.05, 4.69) is 55.4 Å². The number of rotatable bonds is 8. The zero-order chi connectivity index (χ0) is 30.2. The van der Waals surface area contributed by atoms with E-state index in [-0.39, 0.29) is 45.4 Å². The van der Waals surface area contributed by atoms with Crippen LogP contribution in [0.2, 0.25) is 0 Å². The molecular formula is C38H50O4. The van der Waals surface area contributed by atoms with Crippen molar-refractivity contribution in [1.82, 2.24) is 0 Å². The maximum Gasteiger partial charge on any atom is 0.338 e. The standard InChI is InChI=1S/C38H50O4/c1-23(2)35-19-20-36(21-35,24(3)4)30-29(35)37(25(5)6)22-38(30,26(7)8)32(42-34(40)28-17-13-10-14-18-28)31(37)41-33(39)27-15-11-9-12-16-27/h9-18,23-26,29-32H,19-22H2,1-8H3. The first kappa shape index (κ1) is 29.5. The van der Waals surface area contributed by atoms with E-state index >= 15 is 0 Å². The van der Waals surface area contributed by atoms with Crippen molar-refractivity contribution >= 4 is 11.9 Å². The van der Waals surface area contributed by atoms with Crippen molar-refractivity contribution in [1.29, 1.82) is 0 Å². The van der Waals surface area contributed by atoms with Crippen LogP contribution in [-0.4, -0.2) is 24.1 Å². The lowest BCUT2D eigenvalue weighted by Gasteiger charge is -2.60. The summed E-state index contributed by atoms with van der Waals surface area (Å²) in [6, 6.07) is 18.6. The first-order valence-corrected chi connectivity index (χ1v) is 16.4. The van der Waals surface area contributed by atoms with Gasteiger partial charge in [0.25, 0.3) is 0 Å². The van der Waals surface area contributed by atoms with Gasteiger partial charge in [0.05, 0.1) is 11.1 Å². The molecule has 4 fully saturated rings. The average Bonchev–Trinajstić information content (AvgIpc) is 3.69. The Bertz CT molecular complexity index is 1230. The Kier molecular flexibility index (Phi) is 6.98. The van der Waals surface area contributed by atoms with Gasteiger partial charge >= 0.3 is 11.9 Å². The summed E-state index contributed by atoms with van der Waals surface area (Å²) in [7, 11) is 0. The topological polar surface area (TPSA) is 52.6 Å². The van der Waals surface area contributed by atoms with Crippen LogP contribution in [0.4, 0.5) is 0 Å². The monoisotopic (exact) mass is 570 g/mol. The van der Waals surface area contributed by atoms with E-state index < -0.39 is 12.2 Å². The molecule has 0 spiro atoms. The van der Waals surface area contributed by atoms with E-state index in [9.17, 15) is 9.59 Å². The van der Waals surface area contributed by atoms with Crippen LogP contribution >= 0.6 is 0 Å². The summed E-state index contributed by atoms with van der Waals surface area (Å²) in [6.07, 6.45) is 3.64. The smallest absolute Gasteiger partial charge is 0.338 e. The van der Waals surface area contributed by atoms with Crippen LogP contribution in [0.15, 0.2) is 60.7 Å². The summed E-state index contributed by atoms with van der Waals surface area (Å²) >= 11 is 0. The fourth-order valence-corrected chi connectivity index (χ4v) is 11.4. The highest BCUT2D eigenvalue weighted by atomic mass is 16.6. The Hall–Kier alpha value is -2.62. The molecule has 2 aromatic carbocycles. The Morgan fingerprint density at radius 2 is 0.929 bits per heavy atom. The Balaban J connectivity index is 1.56. The minimum atomic E-state index is -0.499. The van der Waals surface area contributed by atoms with Crippen molar-refractivity contribution in [2.75, 3.05) is 0 Å². The molecule has 0 N–H and O–H groups in total. The molecule has 0 saturated heterocycles. The molecule has 4 bridgehead atoms. The summed E-state index contributed by atoms with van der Waals surface area (Å²) in [4.78, 5) is 27.8. The van der Waals surface area contributed by atoms with Crippen LogP contribution in [0, 0.1) is 57.2 Å². The highest BCUT2D eigenvalue weighted by Crippen LogP contribution is 2.88. The molecule has 0 amide bonds. The van der Waals surface area contributed by atoms with Gasteiger partial charge < -0.3 is 9.47 Å². The SMILES string of the molecule is CC(C)C12CCC(C(C)C)(C1)C1C2C2(C(C)C)CC1(C(C)C)C(OC(=O)c1ccccc1)C2OC(=O)c1ccccc1. The molecule has 4 aliphatic carbocycles. The molecule has 6 rings (SSSR count). The highest BCUT2D eigenvalue weighted by molar-refractivity contribution is 5.90. The van der Waals surface area contributed by atoms with Gasteiger partial charge in [-0.25, -0.2) is 9.59 Å². The van der Waals surface area contributed by atoms with Crippen LogP contribution in [0.3, 0.4) is 0 Å². The van der Waals surface area contributed by atoms with Gasteiger partial charge in [0.1, 0.15) is 12.2 Å². The Morgan fingerprint density at radius 1 is 0.571 bits per heavy atom. The van der Waals surface area contributed by atoms with Crippen LogP contribution < -0.4 is 0 Å². The molecule has 0 aromatic heterocycles. The van der Waals surface area contributed by atoms with Crippen molar-refractivity contribution in [3.63, 3.8) is 0 Å². The van der Waals surface area contributed by atoms with E-state index in [1.54, 1.807) is 0 Å². The van der Waals surface area contributed by atoms with Crippen molar-refractivity contribution in [2.45, 2.75) is 93.3 Å². The van der Waals surface area contributed by atoms with E-state index in [4.69, 9.17) is 9.47 Å². The lowest BCUT2D eigenvalue weighted by Crippen LogP contribution is -2.63. The van der Waals surface area contributed by atoms with Gasteiger partial charge in [0.2, 0.25) is 0 Å².